The molecule has 0 bridgehead atoms. The van der Waals surface area contributed by atoms with Gasteiger partial charge in [-0.05, 0) is 24.6 Å². The van der Waals surface area contributed by atoms with Gasteiger partial charge in [-0.15, -0.1) is 0 Å². The third kappa shape index (κ3) is 2.05. The Bertz CT molecular complexity index is 730. The largest absolute Gasteiger partial charge is 0.476 e. The van der Waals surface area contributed by atoms with Crippen molar-refractivity contribution in [3.8, 4) is 5.69 Å². The van der Waals surface area contributed by atoms with Gasteiger partial charge in [0, 0.05) is 0 Å². The molecule has 7 heteroatoms. The van der Waals surface area contributed by atoms with Gasteiger partial charge in [-0.25, -0.2) is 9.59 Å². The predicted molar refractivity (Wildman–Crippen MR) is 62.2 cm³/mol. The molecule has 18 heavy (non-hydrogen) atoms. The van der Waals surface area contributed by atoms with Crippen molar-refractivity contribution in [1.82, 2.24) is 14.8 Å². The summed E-state index contributed by atoms with van der Waals surface area (Å²) in [6, 6.07) is 6.76. The smallest absolute Gasteiger partial charge is 0.362 e. The van der Waals surface area contributed by atoms with Crippen LogP contribution in [0.15, 0.2) is 33.9 Å². The number of aromatic carboxylic acids is 1. The normalized spacial score (nSPS) is 10.3. The fourth-order valence-corrected chi connectivity index (χ4v) is 1.47. The van der Waals surface area contributed by atoms with E-state index in [1.165, 1.54) is 0 Å². The second-order valence-corrected chi connectivity index (χ2v) is 3.66. The number of aromatic amines is 1. The number of carbonyl (C=O) groups is 1. The molecule has 1 aromatic heterocycles. The van der Waals surface area contributed by atoms with Crippen molar-refractivity contribution in [2.75, 3.05) is 0 Å². The molecule has 92 valence electrons. The van der Waals surface area contributed by atoms with Crippen molar-refractivity contribution in [3.05, 3.63) is 56.4 Å². The summed E-state index contributed by atoms with van der Waals surface area (Å²) in [6.45, 7) is 1.82. The Labute approximate surface area is 100 Å². The second kappa shape index (κ2) is 4.28. The Hall–Kier alpha value is -2.70. The Morgan fingerprint density at radius 1 is 1.39 bits per heavy atom. The lowest BCUT2D eigenvalue weighted by molar-refractivity contribution is 0.0685. The van der Waals surface area contributed by atoms with E-state index in [-0.39, 0.29) is 0 Å². The highest BCUT2D eigenvalue weighted by molar-refractivity contribution is 5.84. The molecular formula is C11H9N3O4. The molecule has 0 radical (unpaired) electrons. The van der Waals surface area contributed by atoms with Crippen molar-refractivity contribution in [1.29, 1.82) is 0 Å². The van der Waals surface area contributed by atoms with E-state index in [0.29, 0.717) is 5.69 Å². The molecule has 0 aliphatic rings. The SMILES string of the molecule is Cc1cccc(-n2nc(C(=O)O)c(=O)[nH]c2=O)c1. The molecule has 1 heterocycles. The van der Waals surface area contributed by atoms with Crippen LogP contribution in [0.1, 0.15) is 16.1 Å². The molecular weight excluding hydrogens is 238 g/mol. The van der Waals surface area contributed by atoms with Crippen molar-refractivity contribution in [2.45, 2.75) is 6.92 Å². The third-order valence-corrected chi connectivity index (χ3v) is 2.28. The summed E-state index contributed by atoms with van der Waals surface area (Å²) in [5.41, 5.74) is -1.26. The maximum absolute atomic E-state index is 11.6. The summed E-state index contributed by atoms with van der Waals surface area (Å²) in [6.07, 6.45) is 0. The number of nitrogens with one attached hydrogen (secondary N) is 1. The highest BCUT2D eigenvalue weighted by Crippen LogP contribution is 2.05. The topological polar surface area (TPSA) is 105 Å². The van der Waals surface area contributed by atoms with Gasteiger partial charge < -0.3 is 5.11 Å². The summed E-state index contributed by atoms with van der Waals surface area (Å²) in [5, 5.41) is 12.3. The maximum Gasteiger partial charge on any atom is 0.362 e. The van der Waals surface area contributed by atoms with Crippen LogP contribution in [0.4, 0.5) is 0 Å². The van der Waals surface area contributed by atoms with Crippen LogP contribution >= 0.6 is 0 Å². The molecule has 0 atom stereocenters. The first-order valence-electron chi connectivity index (χ1n) is 5.03. The first-order chi connectivity index (χ1) is 8.49. The third-order valence-electron chi connectivity index (χ3n) is 2.28. The Morgan fingerprint density at radius 3 is 2.72 bits per heavy atom. The van der Waals surface area contributed by atoms with E-state index >= 15 is 0 Å². The number of aromatic nitrogens is 3. The molecule has 0 spiro atoms. The molecule has 0 aliphatic carbocycles. The first kappa shape index (κ1) is 11.8. The molecule has 2 N–H and O–H groups in total. The van der Waals surface area contributed by atoms with Crippen LogP contribution in [-0.2, 0) is 0 Å². The van der Waals surface area contributed by atoms with Crippen LogP contribution < -0.4 is 11.2 Å². The summed E-state index contributed by atoms with van der Waals surface area (Å²) in [7, 11) is 0. The van der Waals surface area contributed by atoms with Gasteiger partial charge in [0.1, 0.15) is 0 Å². The van der Waals surface area contributed by atoms with Gasteiger partial charge in [-0.1, -0.05) is 12.1 Å². The van der Waals surface area contributed by atoms with Crippen LogP contribution in [0.25, 0.3) is 5.69 Å². The molecule has 2 aromatic rings. The average Bonchev–Trinajstić information content (AvgIpc) is 2.28. The number of carboxylic acids is 1. The zero-order valence-corrected chi connectivity index (χ0v) is 9.38. The van der Waals surface area contributed by atoms with Gasteiger partial charge >= 0.3 is 11.7 Å². The number of nitrogens with zero attached hydrogens (tertiary/aromatic N) is 2. The van der Waals surface area contributed by atoms with Gasteiger partial charge in [0.2, 0.25) is 5.69 Å². The van der Waals surface area contributed by atoms with Gasteiger partial charge in [-0.3, -0.25) is 9.78 Å². The number of hydrogen-bond donors (Lipinski definition) is 2. The summed E-state index contributed by atoms with van der Waals surface area (Å²) in [5.74, 6) is -1.49. The zero-order chi connectivity index (χ0) is 13.3. The highest BCUT2D eigenvalue weighted by Gasteiger charge is 2.14. The molecule has 0 aliphatic heterocycles. The van der Waals surface area contributed by atoms with Gasteiger partial charge in [-0.2, -0.15) is 9.78 Å². The van der Waals surface area contributed by atoms with Crippen LogP contribution in [0.5, 0.6) is 0 Å². The second-order valence-electron chi connectivity index (χ2n) is 3.66. The molecule has 7 nitrogen and oxygen atoms in total. The van der Waals surface area contributed by atoms with E-state index < -0.39 is 22.9 Å². The zero-order valence-electron chi connectivity index (χ0n) is 9.38. The number of aryl methyl sites for hydroxylation is 1. The van der Waals surface area contributed by atoms with E-state index in [2.05, 4.69) is 5.10 Å². The molecule has 0 amide bonds. The predicted octanol–water partition coefficient (Wildman–Crippen LogP) is -0.0726. The Kier molecular flexibility index (Phi) is 2.80. The van der Waals surface area contributed by atoms with Crippen molar-refractivity contribution in [3.63, 3.8) is 0 Å². The van der Waals surface area contributed by atoms with Crippen molar-refractivity contribution >= 4 is 5.97 Å². The lowest BCUT2D eigenvalue weighted by Crippen LogP contribution is -2.35. The van der Waals surface area contributed by atoms with E-state index in [1.54, 1.807) is 18.2 Å². The number of rotatable bonds is 2. The minimum Gasteiger partial charge on any atom is -0.476 e. The van der Waals surface area contributed by atoms with Crippen LogP contribution in [0.3, 0.4) is 0 Å². The molecule has 2 rings (SSSR count). The summed E-state index contributed by atoms with van der Waals surface area (Å²) in [4.78, 5) is 35.5. The van der Waals surface area contributed by atoms with E-state index in [1.807, 2.05) is 18.0 Å². The van der Waals surface area contributed by atoms with Gasteiger partial charge in [0.25, 0.3) is 5.56 Å². The lowest BCUT2D eigenvalue weighted by atomic mass is 10.2. The van der Waals surface area contributed by atoms with E-state index in [9.17, 15) is 14.4 Å². The van der Waals surface area contributed by atoms with Crippen LogP contribution in [0.2, 0.25) is 0 Å². The van der Waals surface area contributed by atoms with E-state index in [4.69, 9.17) is 5.11 Å². The quantitative estimate of drug-likeness (QED) is 0.772. The van der Waals surface area contributed by atoms with Crippen molar-refractivity contribution in [2.24, 2.45) is 0 Å². The number of hydrogen-bond acceptors (Lipinski definition) is 4. The van der Waals surface area contributed by atoms with Crippen LogP contribution in [-0.4, -0.2) is 25.8 Å². The molecule has 0 saturated carbocycles. The number of H-pyrrole nitrogens is 1. The minimum atomic E-state index is -1.49. The molecule has 0 saturated heterocycles. The van der Waals surface area contributed by atoms with Crippen molar-refractivity contribution < 1.29 is 9.90 Å². The minimum absolute atomic E-state index is 0.388. The first-order valence-corrected chi connectivity index (χ1v) is 5.03. The Morgan fingerprint density at radius 2 is 2.11 bits per heavy atom. The fourth-order valence-electron chi connectivity index (χ4n) is 1.47. The standard InChI is InChI=1S/C11H9N3O4/c1-6-3-2-4-7(5-6)14-11(18)12-9(15)8(13-14)10(16)17/h2-5H,1H3,(H,16,17)(H,12,15,18). The Balaban J connectivity index is 2.72. The van der Waals surface area contributed by atoms with E-state index in [0.717, 1.165) is 10.2 Å². The summed E-state index contributed by atoms with van der Waals surface area (Å²) >= 11 is 0. The number of carboxylic acid groups (broad SMARTS) is 1. The maximum atomic E-state index is 11.6. The van der Waals surface area contributed by atoms with Gasteiger partial charge in [0.05, 0.1) is 5.69 Å². The fraction of sp³-hybridized carbons (Fsp3) is 0.0909. The molecule has 1 aromatic carbocycles. The lowest BCUT2D eigenvalue weighted by Gasteiger charge is -2.04. The van der Waals surface area contributed by atoms with Gasteiger partial charge in [0.15, 0.2) is 0 Å². The number of benzene rings is 1. The molecule has 0 unspecified atom stereocenters. The van der Waals surface area contributed by atoms with Crippen LogP contribution in [0, 0.1) is 6.92 Å². The summed E-state index contributed by atoms with van der Waals surface area (Å²) < 4.78 is 0.845. The molecule has 0 fully saturated rings. The highest BCUT2D eigenvalue weighted by atomic mass is 16.4. The average molecular weight is 247 g/mol. The monoisotopic (exact) mass is 247 g/mol.